The molecule has 0 aliphatic carbocycles. The molecule has 2 aromatic heterocycles. The van der Waals surface area contributed by atoms with Crippen molar-refractivity contribution in [3.63, 3.8) is 0 Å². The number of aromatic nitrogens is 3. The van der Waals surface area contributed by atoms with Gasteiger partial charge in [-0.1, -0.05) is 38.1 Å². The lowest BCUT2D eigenvalue weighted by Gasteiger charge is -2.07. The lowest BCUT2D eigenvalue weighted by atomic mass is 10.1. The van der Waals surface area contributed by atoms with Crippen molar-refractivity contribution in [3.8, 4) is 0 Å². The Morgan fingerprint density at radius 1 is 1.16 bits per heavy atom. The fourth-order valence-electron chi connectivity index (χ4n) is 3.22. The van der Waals surface area contributed by atoms with Crippen molar-refractivity contribution in [2.24, 2.45) is 11.0 Å². The summed E-state index contributed by atoms with van der Waals surface area (Å²) < 4.78 is 14.6. The molecule has 0 aliphatic rings. The van der Waals surface area contributed by atoms with E-state index in [1.54, 1.807) is 12.1 Å². The number of anilines is 1. The zero-order valence-electron chi connectivity index (χ0n) is 17.3. The first kappa shape index (κ1) is 20.5. The van der Waals surface area contributed by atoms with Gasteiger partial charge in [-0.05, 0) is 42.2 Å². The van der Waals surface area contributed by atoms with Crippen molar-refractivity contribution in [1.82, 2.24) is 20.0 Å². The maximum atomic E-state index is 13.2. The molecule has 0 unspecified atom stereocenters. The van der Waals surface area contributed by atoms with Gasteiger partial charge in [-0.15, -0.1) is 0 Å². The van der Waals surface area contributed by atoms with Gasteiger partial charge in [0.25, 0.3) is 5.91 Å². The lowest BCUT2D eigenvalue weighted by Crippen LogP contribution is -2.26. The maximum absolute atomic E-state index is 13.2. The lowest BCUT2D eigenvalue weighted by molar-refractivity contribution is 0.0954. The van der Waals surface area contributed by atoms with Gasteiger partial charge in [0, 0.05) is 6.54 Å². The molecule has 0 saturated heterocycles. The topological polar surface area (TPSA) is 98.2 Å². The van der Waals surface area contributed by atoms with Crippen LogP contribution in [-0.4, -0.2) is 33.3 Å². The van der Waals surface area contributed by atoms with E-state index in [2.05, 4.69) is 34.2 Å². The molecule has 3 N–H and O–H groups in total. The molecule has 31 heavy (non-hydrogen) atoms. The van der Waals surface area contributed by atoms with Crippen LogP contribution < -0.4 is 11.1 Å². The van der Waals surface area contributed by atoms with E-state index in [1.165, 1.54) is 23.0 Å². The normalized spacial score (nSPS) is 11.7. The van der Waals surface area contributed by atoms with Gasteiger partial charge in [-0.2, -0.15) is 9.78 Å². The van der Waals surface area contributed by atoms with Gasteiger partial charge in [-0.3, -0.25) is 4.79 Å². The van der Waals surface area contributed by atoms with Crippen LogP contribution in [0.25, 0.3) is 22.2 Å². The summed E-state index contributed by atoms with van der Waals surface area (Å²) in [5.41, 5.74) is 9.36. The maximum Gasteiger partial charge on any atom is 0.257 e. The smallest absolute Gasteiger partial charge is 0.257 e. The van der Waals surface area contributed by atoms with Gasteiger partial charge in [0.2, 0.25) is 0 Å². The number of nitrogens with zero attached hydrogens (tertiary/aromatic N) is 4. The number of fused-ring (bicyclic) bond motifs is 2. The monoisotopic (exact) mass is 418 g/mol. The molecule has 8 heteroatoms. The van der Waals surface area contributed by atoms with E-state index in [0.717, 1.165) is 6.42 Å². The van der Waals surface area contributed by atoms with Crippen LogP contribution in [0.1, 0.15) is 36.2 Å². The van der Waals surface area contributed by atoms with Crippen LogP contribution in [-0.2, 0) is 0 Å². The van der Waals surface area contributed by atoms with Crippen molar-refractivity contribution in [1.29, 1.82) is 0 Å². The van der Waals surface area contributed by atoms with Crippen molar-refractivity contribution < 1.29 is 9.18 Å². The fourth-order valence-corrected chi connectivity index (χ4v) is 3.22. The Labute approximate surface area is 178 Å². The van der Waals surface area contributed by atoms with Gasteiger partial charge < -0.3 is 11.1 Å². The van der Waals surface area contributed by atoms with E-state index in [0.29, 0.717) is 40.2 Å². The predicted octanol–water partition coefficient (Wildman–Crippen LogP) is 3.96. The molecule has 0 radical (unpaired) electrons. The second-order valence-electron chi connectivity index (χ2n) is 7.69. The minimum absolute atomic E-state index is 0.144. The summed E-state index contributed by atoms with van der Waals surface area (Å²) in [5.74, 6) is -0.0435. The first-order valence-electron chi connectivity index (χ1n) is 10.1. The van der Waals surface area contributed by atoms with Crippen molar-refractivity contribution >= 4 is 40.1 Å². The molecule has 7 nitrogen and oxygen atoms in total. The van der Waals surface area contributed by atoms with E-state index < -0.39 is 0 Å². The number of carbonyl (C=O) groups excluding carboxylic acids is 1. The second kappa shape index (κ2) is 8.51. The molecule has 2 heterocycles. The van der Waals surface area contributed by atoms with Crippen molar-refractivity contribution in [2.75, 3.05) is 12.3 Å². The number of hydrogen-bond acceptors (Lipinski definition) is 5. The van der Waals surface area contributed by atoms with Crippen LogP contribution >= 0.6 is 0 Å². The highest BCUT2D eigenvalue weighted by molar-refractivity contribution is 6.10. The quantitative estimate of drug-likeness (QED) is 0.463. The van der Waals surface area contributed by atoms with E-state index in [9.17, 15) is 9.18 Å². The minimum atomic E-state index is -0.333. The average molecular weight is 418 g/mol. The fraction of sp³-hybridized carbons (Fsp3) is 0.217. The highest BCUT2D eigenvalue weighted by Gasteiger charge is 2.23. The summed E-state index contributed by atoms with van der Waals surface area (Å²) in [6, 6.07) is 13.3. The molecule has 0 spiro atoms. The summed E-state index contributed by atoms with van der Waals surface area (Å²) in [6.45, 7) is 4.71. The molecule has 0 saturated carbocycles. The van der Waals surface area contributed by atoms with Crippen molar-refractivity contribution in [3.05, 3.63) is 65.5 Å². The number of nitrogens with one attached hydrogen (secondary N) is 1. The first-order chi connectivity index (χ1) is 14.9. The Balaban J connectivity index is 1.82. The van der Waals surface area contributed by atoms with Crippen LogP contribution in [0.15, 0.2) is 53.6 Å². The average Bonchev–Trinajstić information content (AvgIpc) is 3.01. The van der Waals surface area contributed by atoms with Crippen LogP contribution in [0.4, 0.5) is 10.2 Å². The highest BCUT2D eigenvalue weighted by atomic mass is 19.1. The van der Waals surface area contributed by atoms with Gasteiger partial charge in [-0.25, -0.2) is 14.4 Å². The van der Waals surface area contributed by atoms with Crippen molar-refractivity contribution in [2.45, 2.75) is 20.3 Å². The minimum Gasteiger partial charge on any atom is -0.383 e. The Morgan fingerprint density at radius 3 is 2.52 bits per heavy atom. The number of amides is 1. The van der Waals surface area contributed by atoms with E-state index >= 15 is 0 Å². The zero-order valence-corrected chi connectivity index (χ0v) is 17.3. The third-order valence-electron chi connectivity index (χ3n) is 4.90. The standard InChI is InChI=1S/C23H23FN6O/c1-14(2)11-12-26-23(31)19-20-22(29-18-6-4-3-5-17(18)28-20)30(21(19)25)27-13-15-7-9-16(24)10-8-15/h3-10,13-14H,11-12,25H2,1-2H3,(H,26,31)/b27-13+. The van der Waals surface area contributed by atoms with E-state index in [-0.39, 0.29) is 23.1 Å². The summed E-state index contributed by atoms with van der Waals surface area (Å²) in [5, 5.41) is 7.33. The third-order valence-corrected chi connectivity index (χ3v) is 4.90. The zero-order chi connectivity index (χ0) is 22.0. The number of hydrogen-bond donors (Lipinski definition) is 2. The molecule has 158 valence electrons. The van der Waals surface area contributed by atoms with Crippen LogP contribution in [0.5, 0.6) is 0 Å². The molecule has 0 atom stereocenters. The number of nitrogen functional groups attached to an aromatic ring is 1. The molecule has 4 aromatic rings. The van der Waals surface area contributed by atoms with Gasteiger partial charge >= 0.3 is 0 Å². The molecule has 0 bridgehead atoms. The molecule has 0 aliphatic heterocycles. The molecule has 4 rings (SSSR count). The van der Waals surface area contributed by atoms with Gasteiger partial charge in [0.05, 0.1) is 17.2 Å². The SMILES string of the molecule is CC(C)CCNC(=O)c1c(N)n(/N=C/c2ccc(F)cc2)c2nc3ccccc3nc12. The number of halogens is 1. The Bertz CT molecular complexity index is 1280. The molecular weight excluding hydrogens is 395 g/mol. The Morgan fingerprint density at radius 2 is 1.84 bits per heavy atom. The number of nitrogens with two attached hydrogens (primary N) is 1. The second-order valence-corrected chi connectivity index (χ2v) is 7.69. The summed E-state index contributed by atoms with van der Waals surface area (Å²) in [7, 11) is 0. The summed E-state index contributed by atoms with van der Waals surface area (Å²) in [4.78, 5) is 22.2. The molecular formula is C23H23FN6O. The van der Waals surface area contributed by atoms with Gasteiger partial charge in [0.1, 0.15) is 22.7 Å². The predicted molar refractivity (Wildman–Crippen MR) is 121 cm³/mol. The largest absolute Gasteiger partial charge is 0.383 e. The highest BCUT2D eigenvalue weighted by Crippen LogP contribution is 2.27. The third kappa shape index (κ3) is 4.23. The molecule has 1 amide bonds. The summed E-state index contributed by atoms with van der Waals surface area (Å²) in [6.07, 6.45) is 2.38. The summed E-state index contributed by atoms with van der Waals surface area (Å²) >= 11 is 0. The molecule has 2 aromatic carbocycles. The van der Waals surface area contributed by atoms with E-state index in [1.807, 2.05) is 24.3 Å². The van der Waals surface area contributed by atoms with Gasteiger partial charge in [0.15, 0.2) is 5.65 Å². The first-order valence-corrected chi connectivity index (χ1v) is 10.1. The number of rotatable bonds is 6. The van der Waals surface area contributed by atoms with Crippen LogP contribution in [0.3, 0.4) is 0 Å². The number of carbonyl (C=O) groups is 1. The van der Waals surface area contributed by atoms with Crippen LogP contribution in [0.2, 0.25) is 0 Å². The Hall–Kier alpha value is -3.81. The number of para-hydroxylation sites is 2. The van der Waals surface area contributed by atoms with Crippen LogP contribution in [0, 0.1) is 11.7 Å². The Kier molecular flexibility index (Phi) is 5.62. The molecule has 0 fully saturated rings. The number of benzene rings is 2. The van der Waals surface area contributed by atoms with E-state index in [4.69, 9.17) is 5.73 Å².